The zero-order chi connectivity index (χ0) is 17.1. The molecule has 0 bridgehead atoms. The summed E-state index contributed by atoms with van der Waals surface area (Å²) in [5.74, 6) is -1.02. The quantitative estimate of drug-likeness (QED) is 0.298. The van der Waals surface area contributed by atoms with E-state index in [0.29, 0.717) is 13.2 Å². The highest BCUT2D eigenvalue weighted by atomic mass is 16.6. The largest absolute Gasteiger partial charge is 0.481 e. The van der Waals surface area contributed by atoms with Gasteiger partial charge < -0.3 is 14.6 Å². The average Bonchev–Trinajstić information content (AvgIpc) is 3.34. The smallest absolute Gasteiger partial charge is 0.309 e. The molecule has 1 aliphatic heterocycles. The molecule has 0 aliphatic carbocycles. The fourth-order valence-electron chi connectivity index (χ4n) is 2.88. The van der Waals surface area contributed by atoms with Gasteiger partial charge in [0, 0.05) is 0 Å². The van der Waals surface area contributed by atoms with E-state index < -0.39 is 5.97 Å². The SMILES string of the molecule is CCCC(CCCCCC(CCC)C(=O)OCC1CO1)C(=O)O. The zero-order valence-electron chi connectivity index (χ0n) is 14.6. The number of carbonyl (C=O) groups excluding carboxylic acids is 1. The van der Waals surface area contributed by atoms with Crippen LogP contribution in [-0.2, 0) is 19.1 Å². The zero-order valence-corrected chi connectivity index (χ0v) is 14.6. The first-order valence-electron chi connectivity index (χ1n) is 9.09. The van der Waals surface area contributed by atoms with Crippen molar-refractivity contribution >= 4 is 11.9 Å². The summed E-state index contributed by atoms with van der Waals surface area (Å²) in [6.45, 7) is 5.18. The Morgan fingerprint density at radius 1 is 1.04 bits per heavy atom. The molecular formula is C18H32O5. The van der Waals surface area contributed by atoms with Crippen LogP contribution in [0.4, 0.5) is 0 Å². The Hall–Kier alpha value is -1.10. The monoisotopic (exact) mass is 328 g/mol. The third kappa shape index (κ3) is 8.94. The van der Waals surface area contributed by atoms with Crippen LogP contribution in [0.5, 0.6) is 0 Å². The van der Waals surface area contributed by atoms with Crippen LogP contribution in [-0.4, -0.2) is 36.4 Å². The molecule has 0 radical (unpaired) electrons. The van der Waals surface area contributed by atoms with Gasteiger partial charge in [0.2, 0.25) is 0 Å². The molecule has 0 spiro atoms. The predicted octanol–water partition coefficient (Wildman–Crippen LogP) is 3.80. The summed E-state index contributed by atoms with van der Waals surface area (Å²) in [6, 6.07) is 0. The van der Waals surface area contributed by atoms with Crippen molar-refractivity contribution in [3.8, 4) is 0 Å². The topological polar surface area (TPSA) is 76.1 Å². The van der Waals surface area contributed by atoms with E-state index in [1.54, 1.807) is 0 Å². The van der Waals surface area contributed by atoms with Gasteiger partial charge in [0.05, 0.1) is 18.4 Å². The number of hydrogen-bond acceptors (Lipinski definition) is 4. The molecule has 1 fully saturated rings. The van der Waals surface area contributed by atoms with Crippen LogP contribution in [0, 0.1) is 11.8 Å². The van der Waals surface area contributed by atoms with E-state index in [0.717, 1.165) is 57.8 Å². The van der Waals surface area contributed by atoms with Gasteiger partial charge in [-0.1, -0.05) is 46.0 Å². The van der Waals surface area contributed by atoms with Crippen molar-refractivity contribution in [1.29, 1.82) is 0 Å². The van der Waals surface area contributed by atoms with E-state index in [-0.39, 0.29) is 23.9 Å². The second kappa shape index (κ2) is 11.4. The van der Waals surface area contributed by atoms with Gasteiger partial charge in [0.1, 0.15) is 12.7 Å². The first-order valence-corrected chi connectivity index (χ1v) is 9.09. The van der Waals surface area contributed by atoms with Gasteiger partial charge in [0.25, 0.3) is 0 Å². The minimum Gasteiger partial charge on any atom is -0.481 e. The molecule has 1 N–H and O–H groups in total. The molecule has 0 saturated carbocycles. The molecule has 0 aromatic carbocycles. The number of rotatable bonds is 14. The normalized spacial score (nSPS) is 19.1. The third-order valence-electron chi connectivity index (χ3n) is 4.38. The maximum atomic E-state index is 12.1. The lowest BCUT2D eigenvalue weighted by Crippen LogP contribution is -2.20. The minimum atomic E-state index is -0.679. The molecule has 5 heteroatoms. The lowest BCUT2D eigenvalue weighted by Gasteiger charge is -2.15. The minimum absolute atomic E-state index is 0.0235. The molecule has 0 aromatic rings. The van der Waals surface area contributed by atoms with E-state index in [4.69, 9.17) is 14.6 Å². The van der Waals surface area contributed by atoms with Gasteiger partial charge in [-0.2, -0.15) is 0 Å². The standard InChI is InChI=1S/C18H32O5/c1-3-8-14(17(19)20)10-6-5-7-11-15(9-4-2)18(21)23-13-16-12-22-16/h14-16H,3-13H2,1-2H3,(H,19,20). The fourth-order valence-corrected chi connectivity index (χ4v) is 2.88. The molecule has 0 aromatic heterocycles. The van der Waals surface area contributed by atoms with Gasteiger partial charge in [-0.3, -0.25) is 9.59 Å². The van der Waals surface area contributed by atoms with E-state index in [1.165, 1.54) is 0 Å². The highest BCUT2D eigenvalue weighted by Crippen LogP contribution is 2.21. The van der Waals surface area contributed by atoms with Crippen LogP contribution in [0.2, 0.25) is 0 Å². The number of esters is 1. The Kier molecular flexibility index (Phi) is 9.92. The molecule has 134 valence electrons. The molecule has 1 rings (SSSR count). The third-order valence-corrected chi connectivity index (χ3v) is 4.38. The second-order valence-corrected chi connectivity index (χ2v) is 6.53. The lowest BCUT2D eigenvalue weighted by atomic mass is 9.93. The maximum absolute atomic E-state index is 12.1. The molecule has 23 heavy (non-hydrogen) atoms. The van der Waals surface area contributed by atoms with Crippen molar-refractivity contribution in [2.24, 2.45) is 11.8 Å². The molecule has 3 atom stereocenters. The van der Waals surface area contributed by atoms with Crippen LogP contribution in [0.15, 0.2) is 0 Å². The van der Waals surface area contributed by atoms with Crippen molar-refractivity contribution < 1.29 is 24.2 Å². The number of unbranched alkanes of at least 4 members (excludes halogenated alkanes) is 2. The number of carboxylic acid groups (broad SMARTS) is 1. The summed E-state index contributed by atoms with van der Waals surface area (Å²) in [7, 11) is 0. The summed E-state index contributed by atoms with van der Waals surface area (Å²) in [5, 5.41) is 9.13. The average molecular weight is 328 g/mol. The number of hydrogen-bond donors (Lipinski definition) is 1. The van der Waals surface area contributed by atoms with Crippen molar-refractivity contribution in [3.05, 3.63) is 0 Å². The summed E-state index contributed by atoms with van der Waals surface area (Å²) >= 11 is 0. The highest BCUT2D eigenvalue weighted by molar-refractivity contribution is 5.72. The van der Waals surface area contributed by atoms with Crippen molar-refractivity contribution in [2.75, 3.05) is 13.2 Å². The Labute approximate surface area is 139 Å². The van der Waals surface area contributed by atoms with Crippen LogP contribution >= 0.6 is 0 Å². The van der Waals surface area contributed by atoms with Crippen LogP contribution in [0.3, 0.4) is 0 Å². The van der Waals surface area contributed by atoms with Crippen molar-refractivity contribution in [1.82, 2.24) is 0 Å². The van der Waals surface area contributed by atoms with E-state index in [2.05, 4.69) is 6.92 Å². The fraction of sp³-hybridized carbons (Fsp3) is 0.889. The maximum Gasteiger partial charge on any atom is 0.309 e. The highest BCUT2D eigenvalue weighted by Gasteiger charge is 2.26. The Bertz CT molecular complexity index is 351. The van der Waals surface area contributed by atoms with Crippen LogP contribution in [0.25, 0.3) is 0 Å². The number of ether oxygens (including phenoxy) is 2. The summed E-state index contributed by atoms with van der Waals surface area (Å²) < 4.78 is 10.3. The molecule has 3 unspecified atom stereocenters. The first kappa shape index (κ1) is 19.9. The number of carbonyl (C=O) groups is 2. The molecule has 1 aliphatic rings. The van der Waals surface area contributed by atoms with Gasteiger partial charge in [0.15, 0.2) is 0 Å². The predicted molar refractivity (Wildman–Crippen MR) is 88.2 cm³/mol. The van der Waals surface area contributed by atoms with E-state index in [1.807, 2.05) is 6.92 Å². The number of carboxylic acids is 1. The van der Waals surface area contributed by atoms with Crippen molar-refractivity contribution in [2.45, 2.75) is 77.7 Å². The Morgan fingerprint density at radius 3 is 2.13 bits per heavy atom. The second-order valence-electron chi connectivity index (χ2n) is 6.53. The Morgan fingerprint density at radius 2 is 1.61 bits per heavy atom. The Balaban J connectivity index is 2.18. The number of aliphatic carboxylic acids is 1. The molecule has 1 saturated heterocycles. The van der Waals surface area contributed by atoms with Crippen LogP contribution in [0.1, 0.15) is 71.6 Å². The van der Waals surface area contributed by atoms with Crippen molar-refractivity contribution in [3.63, 3.8) is 0 Å². The van der Waals surface area contributed by atoms with Gasteiger partial charge in [-0.05, 0) is 25.7 Å². The molecule has 1 heterocycles. The summed E-state index contributed by atoms with van der Waals surface area (Å²) in [5.41, 5.74) is 0. The van der Waals surface area contributed by atoms with Gasteiger partial charge >= 0.3 is 11.9 Å². The lowest BCUT2D eigenvalue weighted by molar-refractivity contribution is -0.149. The summed E-state index contributed by atoms with van der Waals surface area (Å²) in [4.78, 5) is 23.2. The van der Waals surface area contributed by atoms with Gasteiger partial charge in [-0.15, -0.1) is 0 Å². The first-order chi connectivity index (χ1) is 11.1. The summed E-state index contributed by atoms with van der Waals surface area (Å²) in [6.07, 6.45) is 8.04. The number of epoxide rings is 1. The van der Waals surface area contributed by atoms with E-state index >= 15 is 0 Å². The molecule has 0 amide bonds. The van der Waals surface area contributed by atoms with E-state index in [9.17, 15) is 9.59 Å². The molecular weight excluding hydrogens is 296 g/mol. The van der Waals surface area contributed by atoms with Gasteiger partial charge in [-0.25, -0.2) is 0 Å². The van der Waals surface area contributed by atoms with Crippen LogP contribution < -0.4 is 0 Å². The molecule has 5 nitrogen and oxygen atoms in total.